The van der Waals surface area contributed by atoms with Gasteiger partial charge in [0.1, 0.15) is 18.5 Å². The summed E-state index contributed by atoms with van der Waals surface area (Å²) in [6.45, 7) is 8.11. The van der Waals surface area contributed by atoms with Gasteiger partial charge in [-0.2, -0.15) is 5.10 Å². The summed E-state index contributed by atoms with van der Waals surface area (Å²) >= 11 is 6.13. The molecule has 6 heteroatoms. The molecule has 3 atom stereocenters. The molecule has 0 fully saturated rings. The van der Waals surface area contributed by atoms with E-state index in [-0.39, 0.29) is 23.2 Å². The molecule has 1 aromatic heterocycles. The van der Waals surface area contributed by atoms with Gasteiger partial charge in [-0.3, -0.25) is 0 Å². The van der Waals surface area contributed by atoms with Crippen LogP contribution in [0.25, 0.3) is 0 Å². The minimum absolute atomic E-state index is 0.179. The first kappa shape index (κ1) is 18.9. The third kappa shape index (κ3) is 4.77. The van der Waals surface area contributed by atoms with Crippen molar-refractivity contribution < 1.29 is 9.50 Å². The molecule has 0 aliphatic carbocycles. The number of aromatic nitrogens is 3. The van der Waals surface area contributed by atoms with Crippen molar-refractivity contribution in [2.24, 2.45) is 11.3 Å². The molecule has 3 unspecified atom stereocenters. The maximum absolute atomic E-state index is 13.2. The van der Waals surface area contributed by atoms with Gasteiger partial charge in [0.05, 0.1) is 12.1 Å². The molecule has 0 radical (unpaired) electrons. The number of hydrogen-bond acceptors (Lipinski definition) is 3. The van der Waals surface area contributed by atoms with E-state index in [9.17, 15) is 9.50 Å². The molecule has 1 heterocycles. The van der Waals surface area contributed by atoms with Crippen LogP contribution in [0.3, 0.4) is 0 Å². The van der Waals surface area contributed by atoms with Crippen LogP contribution in [0, 0.1) is 17.2 Å². The molecule has 24 heavy (non-hydrogen) atoms. The van der Waals surface area contributed by atoms with Crippen molar-refractivity contribution in [2.45, 2.75) is 52.7 Å². The number of rotatable bonds is 6. The second-order valence-corrected chi connectivity index (χ2v) is 7.94. The van der Waals surface area contributed by atoms with Crippen LogP contribution in [-0.2, 0) is 6.42 Å². The van der Waals surface area contributed by atoms with Crippen molar-refractivity contribution in [1.82, 2.24) is 14.8 Å². The van der Waals surface area contributed by atoms with E-state index in [1.165, 1.54) is 18.5 Å². The SMILES string of the molecule is CC(Cc1ccc(F)cc1Cl)CC(C(O)C(C)(C)C)n1cncn1. The highest BCUT2D eigenvalue weighted by molar-refractivity contribution is 6.31. The van der Waals surface area contributed by atoms with Gasteiger partial charge < -0.3 is 5.11 Å². The maximum atomic E-state index is 13.2. The maximum Gasteiger partial charge on any atom is 0.137 e. The van der Waals surface area contributed by atoms with E-state index in [2.05, 4.69) is 17.0 Å². The summed E-state index contributed by atoms with van der Waals surface area (Å²) in [7, 11) is 0. The standard InChI is InChI=1S/C18H25ClFN3O/c1-12(7-13-5-6-14(20)9-15(13)19)8-16(17(24)18(2,3)4)23-11-21-10-22-23/h5-6,9-12,16-17,24H,7-8H2,1-4H3. The van der Waals surface area contributed by atoms with Crippen LogP contribution in [0.15, 0.2) is 30.9 Å². The fraction of sp³-hybridized carbons (Fsp3) is 0.556. The van der Waals surface area contributed by atoms with Crippen LogP contribution >= 0.6 is 11.6 Å². The van der Waals surface area contributed by atoms with Crippen molar-refractivity contribution in [1.29, 1.82) is 0 Å². The van der Waals surface area contributed by atoms with Crippen molar-refractivity contribution in [3.8, 4) is 0 Å². The molecule has 0 spiro atoms. The van der Waals surface area contributed by atoms with E-state index in [0.29, 0.717) is 11.4 Å². The summed E-state index contributed by atoms with van der Waals surface area (Å²) in [4.78, 5) is 4.00. The van der Waals surface area contributed by atoms with E-state index in [1.54, 1.807) is 17.1 Å². The van der Waals surface area contributed by atoms with E-state index >= 15 is 0 Å². The third-order valence-corrected chi connectivity index (χ3v) is 4.61. The molecule has 0 aliphatic heterocycles. The van der Waals surface area contributed by atoms with Crippen molar-refractivity contribution in [3.05, 3.63) is 47.3 Å². The molecule has 0 saturated carbocycles. The highest BCUT2D eigenvalue weighted by atomic mass is 35.5. The smallest absolute Gasteiger partial charge is 0.137 e. The summed E-state index contributed by atoms with van der Waals surface area (Å²) in [6, 6.07) is 4.30. The van der Waals surface area contributed by atoms with Crippen LogP contribution in [0.1, 0.15) is 45.7 Å². The average molecular weight is 354 g/mol. The summed E-state index contributed by atoms with van der Waals surface area (Å²) in [5.74, 6) is -0.0980. The van der Waals surface area contributed by atoms with Gasteiger partial charge in [0.25, 0.3) is 0 Å². The lowest BCUT2D eigenvalue weighted by Gasteiger charge is -2.34. The zero-order valence-corrected chi connectivity index (χ0v) is 15.3. The van der Waals surface area contributed by atoms with Crippen LogP contribution < -0.4 is 0 Å². The Balaban J connectivity index is 2.14. The van der Waals surface area contributed by atoms with Gasteiger partial charge in [0, 0.05) is 5.02 Å². The Bertz CT molecular complexity index is 655. The monoisotopic (exact) mass is 353 g/mol. The first-order valence-electron chi connectivity index (χ1n) is 8.14. The van der Waals surface area contributed by atoms with Crippen LogP contribution in [0.4, 0.5) is 4.39 Å². The second kappa shape index (κ2) is 7.62. The second-order valence-electron chi connectivity index (χ2n) is 7.53. The Morgan fingerprint density at radius 2 is 2.04 bits per heavy atom. The number of aliphatic hydroxyl groups is 1. The minimum atomic E-state index is -0.565. The molecular formula is C18H25ClFN3O. The topological polar surface area (TPSA) is 50.9 Å². The third-order valence-electron chi connectivity index (χ3n) is 4.26. The summed E-state index contributed by atoms with van der Waals surface area (Å²) < 4.78 is 14.9. The molecule has 2 rings (SSSR count). The first-order valence-corrected chi connectivity index (χ1v) is 8.52. The predicted molar refractivity (Wildman–Crippen MR) is 93.4 cm³/mol. The highest BCUT2D eigenvalue weighted by Gasteiger charge is 2.33. The Kier molecular flexibility index (Phi) is 5.99. The molecule has 0 aliphatic rings. The molecule has 132 valence electrons. The molecule has 0 bridgehead atoms. The van der Waals surface area contributed by atoms with Crippen LogP contribution in [0.2, 0.25) is 5.02 Å². The largest absolute Gasteiger partial charge is 0.390 e. The lowest BCUT2D eigenvalue weighted by molar-refractivity contribution is 0.00439. The molecular weight excluding hydrogens is 329 g/mol. The van der Waals surface area contributed by atoms with Crippen LogP contribution in [-0.4, -0.2) is 26.0 Å². The molecule has 2 aromatic rings. The summed E-state index contributed by atoms with van der Waals surface area (Å²) in [5.41, 5.74) is 0.636. The number of aliphatic hydroxyl groups excluding tert-OH is 1. The molecule has 1 N–H and O–H groups in total. The lowest BCUT2D eigenvalue weighted by atomic mass is 9.81. The van der Waals surface area contributed by atoms with Gasteiger partial charge in [-0.25, -0.2) is 14.1 Å². The van der Waals surface area contributed by atoms with Crippen LogP contribution in [0.5, 0.6) is 0 Å². The Labute approximate surface area is 147 Å². The van der Waals surface area contributed by atoms with Gasteiger partial charge in [0.2, 0.25) is 0 Å². The van der Waals surface area contributed by atoms with Gasteiger partial charge in [0.15, 0.2) is 0 Å². The van der Waals surface area contributed by atoms with E-state index in [1.807, 2.05) is 20.8 Å². The van der Waals surface area contributed by atoms with Gasteiger partial charge in [-0.05, 0) is 41.9 Å². The minimum Gasteiger partial charge on any atom is -0.390 e. The zero-order valence-electron chi connectivity index (χ0n) is 14.6. The van der Waals surface area contributed by atoms with E-state index < -0.39 is 6.10 Å². The zero-order chi connectivity index (χ0) is 17.9. The van der Waals surface area contributed by atoms with Crippen molar-refractivity contribution in [2.75, 3.05) is 0 Å². The number of nitrogens with zero attached hydrogens (tertiary/aromatic N) is 3. The Hall–Kier alpha value is -1.46. The lowest BCUT2D eigenvalue weighted by Crippen LogP contribution is -2.37. The summed E-state index contributed by atoms with van der Waals surface area (Å²) in [5, 5.41) is 15.4. The van der Waals surface area contributed by atoms with Gasteiger partial charge in [-0.15, -0.1) is 0 Å². The fourth-order valence-electron chi connectivity index (χ4n) is 2.91. The Morgan fingerprint density at radius 3 is 2.58 bits per heavy atom. The first-order chi connectivity index (χ1) is 11.2. The molecule has 4 nitrogen and oxygen atoms in total. The normalized spacial score (nSPS) is 16.0. The van der Waals surface area contributed by atoms with Crippen molar-refractivity contribution >= 4 is 11.6 Å². The molecule has 0 amide bonds. The van der Waals surface area contributed by atoms with Gasteiger partial charge >= 0.3 is 0 Å². The Morgan fingerprint density at radius 1 is 1.33 bits per heavy atom. The predicted octanol–water partition coefficient (Wildman–Crippen LogP) is 4.29. The highest BCUT2D eigenvalue weighted by Crippen LogP contribution is 2.33. The van der Waals surface area contributed by atoms with Crippen molar-refractivity contribution in [3.63, 3.8) is 0 Å². The van der Waals surface area contributed by atoms with E-state index in [0.717, 1.165) is 12.0 Å². The quantitative estimate of drug-likeness (QED) is 0.842. The molecule has 0 saturated heterocycles. The molecule has 1 aromatic carbocycles. The summed E-state index contributed by atoms with van der Waals surface area (Å²) in [6.07, 6.45) is 3.97. The number of benzene rings is 1. The fourth-order valence-corrected chi connectivity index (χ4v) is 3.15. The number of hydrogen-bond donors (Lipinski definition) is 1. The van der Waals surface area contributed by atoms with E-state index in [4.69, 9.17) is 11.6 Å². The number of halogens is 2. The average Bonchev–Trinajstić information content (AvgIpc) is 3.00. The van der Waals surface area contributed by atoms with Gasteiger partial charge in [-0.1, -0.05) is 45.4 Å².